The predicted molar refractivity (Wildman–Crippen MR) is 99.4 cm³/mol. The Balaban J connectivity index is 1.54. The molecule has 1 aromatic carbocycles. The zero-order valence-electron chi connectivity index (χ0n) is 15.2. The molecule has 2 heterocycles. The number of sulfonamides is 1. The maximum atomic E-state index is 12.5. The minimum atomic E-state index is -3.32. The molecule has 144 valence electrons. The quantitative estimate of drug-likeness (QED) is 0.784. The molecule has 0 saturated carbocycles. The molecule has 26 heavy (non-hydrogen) atoms. The van der Waals surface area contributed by atoms with Crippen LogP contribution in [0.1, 0.15) is 28.8 Å². The van der Waals surface area contributed by atoms with Gasteiger partial charge in [0.25, 0.3) is 5.91 Å². The van der Waals surface area contributed by atoms with Gasteiger partial charge in [0.1, 0.15) is 0 Å². The van der Waals surface area contributed by atoms with Crippen molar-refractivity contribution in [3.8, 4) is 0 Å². The molecule has 0 unspecified atom stereocenters. The van der Waals surface area contributed by atoms with Crippen LogP contribution in [0.2, 0.25) is 0 Å². The lowest BCUT2D eigenvalue weighted by Crippen LogP contribution is -2.47. The third-order valence-electron chi connectivity index (χ3n) is 4.94. The summed E-state index contributed by atoms with van der Waals surface area (Å²) in [7, 11) is -1.33. The Morgan fingerprint density at radius 2 is 1.88 bits per heavy atom. The van der Waals surface area contributed by atoms with Crippen LogP contribution >= 0.6 is 0 Å². The predicted octanol–water partition coefficient (Wildman–Crippen LogP) is 0.673. The second kappa shape index (κ2) is 8.47. The summed E-state index contributed by atoms with van der Waals surface area (Å²) in [6, 6.07) is 6.79. The smallest absolute Gasteiger partial charge is 0.251 e. The van der Waals surface area contributed by atoms with Crippen molar-refractivity contribution in [1.29, 1.82) is 0 Å². The lowest BCUT2D eigenvalue weighted by molar-refractivity contribution is 0.0858. The number of rotatable bonds is 6. The fourth-order valence-corrected chi connectivity index (χ4v) is 4.75. The van der Waals surface area contributed by atoms with Crippen LogP contribution in [0, 0.1) is 0 Å². The molecule has 1 amide bonds. The number of hydrogen-bond acceptors (Lipinski definition) is 5. The van der Waals surface area contributed by atoms with Gasteiger partial charge in [-0.05, 0) is 37.6 Å². The molecule has 0 bridgehead atoms. The van der Waals surface area contributed by atoms with Gasteiger partial charge in [0.15, 0.2) is 0 Å². The number of hydrogen-bond donors (Lipinski definition) is 1. The van der Waals surface area contributed by atoms with Gasteiger partial charge in [0.05, 0.1) is 11.9 Å². The van der Waals surface area contributed by atoms with Crippen molar-refractivity contribution in [2.75, 3.05) is 46.4 Å². The molecule has 0 aromatic heterocycles. The summed E-state index contributed by atoms with van der Waals surface area (Å²) in [5.41, 5.74) is 1.23. The minimum Gasteiger partial charge on any atom is -0.376 e. The average molecular weight is 381 g/mol. The van der Waals surface area contributed by atoms with E-state index in [1.807, 2.05) is 7.05 Å². The third-order valence-corrected chi connectivity index (χ3v) is 6.79. The summed E-state index contributed by atoms with van der Waals surface area (Å²) < 4.78 is 32.1. The largest absolute Gasteiger partial charge is 0.376 e. The zero-order valence-corrected chi connectivity index (χ0v) is 16.0. The first kappa shape index (κ1) is 19.3. The molecule has 0 aliphatic carbocycles. The average Bonchev–Trinajstić information content (AvgIpc) is 3.14. The van der Waals surface area contributed by atoms with Gasteiger partial charge in [-0.3, -0.25) is 4.79 Å². The van der Waals surface area contributed by atoms with E-state index in [9.17, 15) is 13.2 Å². The van der Waals surface area contributed by atoms with E-state index in [-0.39, 0.29) is 17.8 Å². The van der Waals surface area contributed by atoms with E-state index in [4.69, 9.17) is 4.74 Å². The van der Waals surface area contributed by atoms with Crippen molar-refractivity contribution in [3.63, 3.8) is 0 Å². The Bertz CT molecular complexity index is 706. The van der Waals surface area contributed by atoms with Crippen molar-refractivity contribution in [3.05, 3.63) is 35.4 Å². The normalized spacial score (nSPS) is 22.4. The highest BCUT2D eigenvalue weighted by molar-refractivity contribution is 7.88. The number of ether oxygens (including phenoxy) is 1. The lowest BCUT2D eigenvalue weighted by Gasteiger charge is -2.31. The number of benzene rings is 1. The van der Waals surface area contributed by atoms with Gasteiger partial charge in [-0.1, -0.05) is 12.1 Å². The van der Waals surface area contributed by atoms with E-state index in [2.05, 4.69) is 10.2 Å². The first-order valence-electron chi connectivity index (χ1n) is 9.09. The van der Waals surface area contributed by atoms with E-state index in [1.165, 1.54) is 0 Å². The summed E-state index contributed by atoms with van der Waals surface area (Å²) in [4.78, 5) is 14.3. The summed E-state index contributed by atoms with van der Waals surface area (Å²) in [6.07, 6.45) is 2.12. The monoisotopic (exact) mass is 381 g/mol. The highest BCUT2D eigenvalue weighted by atomic mass is 32.2. The number of nitrogens with zero attached hydrogens (tertiary/aromatic N) is 2. The van der Waals surface area contributed by atoms with E-state index < -0.39 is 10.0 Å². The second-order valence-electron chi connectivity index (χ2n) is 7.00. The minimum absolute atomic E-state index is 0.0332. The molecular formula is C18H27N3O4S. The topological polar surface area (TPSA) is 79.0 Å². The van der Waals surface area contributed by atoms with Crippen LogP contribution < -0.4 is 5.32 Å². The number of amides is 1. The number of likely N-dealkylation sites (N-methyl/N-ethyl adjacent to an activating group) is 1. The molecule has 0 radical (unpaired) electrons. The Labute approximate surface area is 155 Å². The lowest BCUT2D eigenvalue weighted by atomic mass is 10.1. The molecule has 2 aliphatic heterocycles. The van der Waals surface area contributed by atoms with Crippen molar-refractivity contribution in [1.82, 2.24) is 14.5 Å². The van der Waals surface area contributed by atoms with Gasteiger partial charge in [-0.25, -0.2) is 8.42 Å². The number of carbonyl (C=O) groups is 1. The van der Waals surface area contributed by atoms with E-state index in [1.54, 1.807) is 28.6 Å². The summed E-state index contributed by atoms with van der Waals surface area (Å²) >= 11 is 0. The van der Waals surface area contributed by atoms with Crippen molar-refractivity contribution in [2.24, 2.45) is 0 Å². The molecule has 7 nitrogen and oxygen atoms in total. The zero-order chi connectivity index (χ0) is 18.6. The first-order valence-corrected chi connectivity index (χ1v) is 10.7. The molecule has 2 saturated heterocycles. The summed E-state index contributed by atoms with van der Waals surface area (Å²) in [5.74, 6) is -0.192. The first-order chi connectivity index (χ1) is 12.4. The molecule has 2 aliphatic rings. The van der Waals surface area contributed by atoms with Crippen molar-refractivity contribution < 1.29 is 17.9 Å². The van der Waals surface area contributed by atoms with Crippen molar-refractivity contribution >= 4 is 15.9 Å². The van der Waals surface area contributed by atoms with Crippen molar-refractivity contribution in [2.45, 2.75) is 24.7 Å². The highest BCUT2D eigenvalue weighted by Crippen LogP contribution is 2.15. The van der Waals surface area contributed by atoms with Crippen LogP contribution in [0.3, 0.4) is 0 Å². The SMILES string of the molecule is CN1CCN(S(=O)(=O)Cc2ccc(C(=O)NC[C@H]3CCCO3)cc2)CC1. The van der Waals surface area contributed by atoms with Crippen LogP contribution in [0.5, 0.6) is 0 Å². The molecular weight excluding hydrogens is 354 g/mol. The van der Waals surface area contributed by atoms with Crippen LogP contribution in [-0.4, -0.2) is 76.0 Å². The molecule has 1 aromatic rings. The summed E-state index contributed by atoms with van der Waals surface area (Å²) in [6.45, 7) is 3.84. The van der Waals surface area contributed by atoms with Crippen LogP contribution in [0.25, 0.3) is 0 Å². The molecule has 1 N–H and O–H groups in total. The third kappa shape index (κ3) is 5.03. The maximum absolute atomic E-state index is 12.5. The van der Waals surface area contributed by atoms with Gasteiger partial charge < -0.3 is 15.0 Å². The molecule has 1 atom stereocenters. The van der Waals surface area contributed by atoms with E-state index in [0.717, 1.165) is 32.5 Å². The fraction of sp³-hybridized carbons (Fsp3) is 0.611. The van der Waals surface area contributed by atoms with Gasteiger partial charge in [0.2, 0.25) is 10.0 Å². The standard InChI is InChI=1S/C18H27N3O4S/c1-20-8-10-21(11-9-20)26(23,24)14-15-4-6-16(7-5-15)18(22)19-13-17-3-2-12-25-17/h4-7,17H,2-3,8-14H2,1H3,(H,19,22)/t17-/m1/s1. The van der Waals surface area contributed by atoms with Crippen LogP contribution in [0.4, 0.5) is 0 Å². The molecule has 3 rings (SSSR count). The van der Waals surface area contributed by atoms with Crippen LogP contribution in [0.15, 0.2) is 24.3 Å². The molecule has 0 spiro atoms. The van der Waals surface area contributed by atoms with Crippen LogP contribution in [-0.2, 0) is 20.5 Å². The highest BCUT2D eigenvalue weighted by Gasteiger charge is 2.26. The van der Waals surface area contributed by atoms with Gasteiger partial charge in [-0.15, -0.1) is 0 Å². The fourth-order valence-electron chi connectivity index (χ4n) is 3.23. The molecule has 8 heteroatoms. The number of nitrogens with one attached hydrogen (secondary N) is 1. The Kier molecular flexibility index (Phi) is 6.29. The second-order valence-corrected chi connectivity index (χ2v) is 8.97. The van der Waals surface area contributed by atoms with E-state index >= 15 is 0 Å². The Hall–Kier alpha value is -1.48. The Morgan fingerprint density at radius 1 is 1.19 bits per heavy atom. The van der Waals surface area contributed by atoms with E-state index in [0.29, 0.717) is 30.8 Å². The maximum Gasteiger partial charge on any atom is 0.251 e. The molecule has 2 fully saturated rings. The Morgan fingerprint density at radius 3 is 2.50 bits per heavy atom. The number of piperazine rings is 1. The van der Waals surface area contributed by atoms with Gasteiger partial charge in [-0.2, -0.15) is 4.31 Å². The van der Waals surface area contributed by atoms with Gasteiger partial charge >= 0.3 is 0 Å². The summed E-state index contributed by atoms with van der Waals surface area (Å²) in [5, 5.41) is 2.87. The number of carbonyl (C=O) groups excluding carboxylic acids is 1. The van der Waals surface area contributed by atoms with Gasteiger partial charge in [0, 0.05) is 44.9 Å².